The summed E-state index contributed by atoms with van der Waals surface area (Å²) in [7, 11) is 3.82. The van der Waals surface area contributed by atoms with E-state index < -0.39 is 0 Å². The van der Waals surface area contributed by atoms with Crippen LogP contribution in [0, 0.1) is 6.92 Å². The molecule has 0 aliphatic carbocycles. The van der Waals surface area contributed by atoms with Crippen LogP contribution in [0.3, 0.4) is 0 Å². The summed E-state index contributed by atoms with van der Waals surface area (Å²) in [6, 6.07) is 2.23. The van der Waals surface area contributed by atoms with E-state index in [1.165, 1.54) is 0 Å². The van der Waals surface area contributed by atoms with Gasteiger partial charge in [0.1, 0.15) is 5.15 Å². The number of rotatable bonds is 5. The molecule has 2 aromatic heterocycles. The molecule has 6 heteroatoms. The molecule has 0 saturated heterocycles. The summed E-state index contributed by atoms with van der Waals surface area (Å²) in [6.07, 6.45) is 2.63. The van der Waals surface area contributed by atoms with Gasteiger partial charge >= 0.3 is 0 Å². The van der Waals surface area contributed by atoms with Crippen molar-refractivity contribution in [3.8, 4) is 0 Å². The van der Waals surface area contributed by atoms with E-state index in [0.29, 0.717) is 5.15 Å². The van der Waals surface area contributed by atoms with Crippen LogP contribution in [0.25, 0.3) is 0 Å². The van der Waals surface area contributed by atoms with Gasteiger partial charge in [0.2, 0.25) is 0 Å². The first kappa shape index (κ1) is 14.1. The Bertz CT molecular complexity index is 557. The molecule has 104 valence electrons. The van der Waals surface area contributed by atoms with Crippen LogP contribution in [0.15, 0.2) is 12.3 Å². The van der Waals surface area contributed by atoms with Gasteiger partial charge in [-0.1, -0.05) is 18.5 Å². The minimum Gasteiger partial charge on any atom is -0.309 e. The lowest BCUT2D eigenvalue weighted by Crippen LogP contribution is -2.25. The Labute approximate surface area is 118 Å². The molecule has 0 bridgehead atoms. The predicted molar refractivity (Wildman–Crippen MR) is 76.3 cm³/mol. The Morgan fingerprint density at radius 3 is 2.58 bits per heavy atom. The predicted octanol–water partition coefficient (Wildman–Crippen LogP) is 2.01. The third kappa shape index (κ3) is 2.82. The summed E-state index contributed by atoms with van der Waals surface area (Å²) in [4.78, 5) is 0. The van der Waals surface area contributed by atoms with Gasteiger partial charge in [0.05, 0.1) is 17.4 Å². The fourth-order valence-electron chi connectivity index (χ4n) is 2.36. The maximum absolute atomic E-state index is 6.31. The molecule has 0 saturated carbocycles. The lowest BCUT2D eigenvalue weighted by atomic mass is 10.0. The van der Waals surface area contributed by atoms with E-state index in [0.717, 1.165) is 29.9 Å². The molecule has 0 spiro atoms. The number of nitrogens with one attached hydrogen (secondary N) is 1. The van der Waals surface area contributed by atoms with Crippen molar-refractivity contribution in [2.45, 2.75) is 26.3 Å². The average molecular weight is 282 g/mol. The fraction of sp³-hybridized carbons (Fsp3) is 0.538. The molecule has 0 fully saturated rings. The van der Waals surface area contributed by atoms with Crippen LogP contribution in [-0.2, 0) is 20.5 Å². The number of halogens is 1. The second-order valence-corrected chi connectivity index (χ2v) is 5.03. The quantitative estimate of drug-likeness (QED) is 0.912. The molecule has 0 aliphatic rings. The van der Waals surface area contributed by atoms with E-state index in [-0.39, 0.29) is 6.04 Å². The van der Waals surface area contributed by atoms with Crippen LogP contribution in [0.4, 0.5) is 0 Å². The largest absolute Gasteiger partial charge is 0.309 e. The van der Waals surface area contributed by atoms with Crippen molar-refractivity contribution in [1.82, 2.24) is 24.9 Å². The second-order valence-electron chi connectivity index (χ2n) is 4.67. The van der Waals surface area contributed by atoms with Gasteiger partial charge in [-0.25, -0.2) is 0 Å². The summed E-state index contributed by atoms with van der Waals surface area (Å²) in [5.41, 5.74) is 3.23. The van der Waals surface area contributed by atoms with Crippen molar-refractivity contribution in [2.24, 2.45) is 14.1 Å². The summed E-state index contributed by atoms with van der Waals surface area (Å²) >= 11 is 6.31. The highest BCUT2D eigenvalue weighted by molar-refractivity contribution is 6.30. The molecular formula is C13H20ClN5. The smallest absolute Gasteiger partial charge is 0.130 e. The molecule has 1 unspecified atom stereocenters. The van der Waals surface area contributed by atoms with Crippen molar-refractivity contribution in [3.63, 3.8) is 0 Å². The molecule has 1 atom stereocenters. The van der Waals surface area contributed by atoms with E-state index in [2.05, 4.69) is 22.4 Å². The molecule has 1 N–H and O–H groups in total. The van der Waals surface area contributed by atoms with Gasteiger partial charge in [0.15, 0.2) is 0 Å². The highest BCUT2D eigenvalue weighted by atomic mass is 35.5. The minimum absolute atomic E-state index is 0.192. The minimum atomic E-state index is 0.192. The molecule has 0 radical (unpaired) electrons. The highest BCUT2D eigenvalue weighted by Crippen LogP contribution is 2.25. The maximum atomic E-state index is 6.31. The number of aryl methyl sites for hydroxylation is 3. The summed E-state index contributed by atoms with van der Waals surface area (Å²) in [6.45, 7) is 4.99. The Kier molecular flexibility index (Phi) is 4.27. The first-order valence-electron chi connectivity index (χ1n) is 6.43. The van der Waals surface area contributed by atoms with Gasteiger partial charge in [-0.15, -0.1) is 0 Å². The van der Waals surface area contributed by atoms with Crippen molar-refractivity contribution < 1.29 is 0 Å². The van der Waals surface area contributed by atoms with Crippen LogP contribution in [-0.4, -0.2) is 26.1 Å². The number of nitrogens with zero attached hydrogens (tertiary/aromatic N) is 4. The lowest BCUT2D eigenvalue weighted by Gasteiger charge is -2.18. The number of hydrogen-bond acceptors (Lipinski definition) is 3. The van der Waals surface area contributed by atoms with Gasteiger partial charge in [-0.3, -0.25) is 9.36 Å². The topological polar surface area (TPSA) is 47.7 Å². The van der Waals surface area contributed by atoms with E-state index in [9.17, 15) is 0 Å². The van der Waals surface area contributed by atoms with Crippen LogP contribution in [0.5, 0.6) is 0 Å². The number of likely N-dealkylation sites (N-methyl/N-ethyl adjacent to an activating group) is 1. The number of aromatic nitrogens is 4. The van der Waals surface area contributed by atoms with Crippen LogP contribution in [0.2, 0.25) is 5.15 Å². The average Bonchev–Trinajstić information content (AvgIpc) is 2.88. The molecule has 5 nitrogen and oxygen atoms in total. The van der Waals surface area contributed by atoms with E-state index >= 15 is 0 Å². The Morgan fingerprint density at radius 2 is 2.11 bits per heavy atom. The third-order valence-electron chi connectivity index (χ3n) is 3.34. The second kappa shape index (κ2) is 5.75. The van der Waals surface area contributed by atoms with E-state index in [4.69, 9.17) is 11.6 Å². The number of hydrogen-bond donors (Lipinski definition) is 1. The van der Waals surface area contributed by atoms with Crippen molar-refractivity contribution in [2.75, 3.05) is 6.54 Å². The molecule has 0 amide bonds. The summed E-state index contributed by atoms with van der Waals surface area (Å²) in [5.74, 6) is 0. The third-order valence-corrected chi connectivity index (χ3v) is 3.82. The highest BCUT2D eigenvalue weighted by Gasteiger charge is 2.19. The Hall–Kier alpha value is -1.33. The van der Waals surface area contributed by atoms with Gasteiger partial charge in [0.25, 0.3) is 0 Å². The van der Waals surface area contributed by atoms with Crippen LogP contribution < -0.4 is 5.32 Å². The van der Waals surface area contributed by atoms with Crippen LogP contribution >= 0.6 is 11.6 Å². The fourth-order valence-corrected chi connectivity index (χ4v) is 2.62. The van der Waals surface area contributed by atoms with Gasteiger partial charge in [-0.05, 0) is 26.0 Å². The standard InChI is InChI=1S/C13H20ClN5/c1-5-15-11(12-6-7-16-18(12)3)8-10-9(2)17-19(4)13(10)14/h6-7,11,15H,5,8H2,1-4H3. The van der Waals surface area contributed by atoms with Crippen molar-refractivity contribution >= 4 is 11.6 Å². The maximum Gasteiger partial charge on any atom is 0.130 e. The molecule has 2 aromatic rings. The molecule has 2 heterocycles. The van der Waals surface area contributed by atoms with Crippen molar-refractivity contribution in [1.29, 1.82) is 0 Å². The summed E-state index contributed by atoms with van der Waals surface area (Å²) in [5, 5.41) is 12.8. The Morgan fingerprint density at radius 1 is 1.37 bits per heavy atom. The lowest BCUT2D eigenvalue weighted by molar-refractivity contribution is 0.507. The van der Waals surface area contributed by atoms with E-state index in [1.807, 2.05) is 38.0 Å². The monoisotopic (exact) mass is 281 g/mol. The van der Waals surface area contributed by atoms with Crippen molar-refractivity contribution in [3.05, 3.63) is 34.4 Å². The molecule has 2 rings (SSSR count). The van der Waals surface area contributed by atoms with E-state index in [1.54, 1.807) is 4.68 Å². The molecule has 19 heavy (non-hydrogen) atoms. The zero-order chi connectivity index (χ0) is 14.0. The molecular weight excluding hydrogens is 262 g/mol. The van der Waals surface area contributed by atoms with Gasteiger partial charge < -0.3 is 5.32 Å². The normalized spacial score (nSPS) is 12.9. The zero-order valence-electron chi connectivity index (χ0n) is 11.8. The van der Waals surface area contributed by atoms with Gasteiger partial charge in [0, 0.05) is 25.9 Å². The first-order valence-corrected chi connectivity index (χ1v) is 6.81. The SMILES string of the molecule is CCNC(Cc1c(C)nn(C)c1Cl)c1ccnn1C. The van der Waals surface area contributed by atoms with Gasteiger partial charge in [-0.2, -0.15) is 10.2 Å². The van der Waals surface area contributed by atoms with Crippen LogP contribution in [0.1, 0.15) is 29.9 Å². The Balaban J connectivity index is 2.29. The molecule has 0 aliphatic heterocycles. The summed E-state index contributed by atoms with van der Waals surface area (Å²) < 4.78 is 3.62. The zero-order valence-corrected chi connectivity index (χ0v) is 12.6. The molecule has 0 aromatic carbocycles. The first-order chi connectivity index (χ1) is 9.04.